The van der Waals surface area contributed by atoms with E-state index in [0.717, 1.165) is 23.3 Å². The zero-order chi connectivity index (χ0) is 18.2. The maximum Gasteiger partial charge on any atom is 0.227 e. The molecule has 0 fully saturated rings. The number of rotatable bonds is 8. The molecule has 134 valence electrons. The number of methoxy groups -OCH3 is 1. The van der Waals surface area contributed by atoms with E-state index < -0.39 is 0 Å². The first-order chi connectivity index (χ1) is 12.7. The third-order valence-corrected chi connectivity index (χ3v) is 3.85. The smallest absolute Gasteiger partial charge is 0.227 e. The summed E-state index contributed by atoms with van der Waals surface area (Å²) < 4.78 is 10.3. The molecule has 0 atom stereocenters. The molecule has 0 bridgehead atoms. The summed E-state index contributed by atoms with van der Waals surface area (Å²) in [5, 5.41) is 6.81. The molecule has 1 N–H and O–H groups in total. The van der Waals surface area contributed by atoms with E-state index >= 15 is 0 Å². The maximum absolute atomic E-state index is 12.0. The number of benzene rings is 1. The molecule has 0 aliphatic rings. The van der Waals surface area contributed by atoms with Crippen LogP contribution in [0.15, 0.2) is 53.3 Å². The Labute approximate surface area is 151 Å². The van der Waals surface area contributed by atoms with E-state index in [2.05, 4.69) is 20.4 Å². The summed E-state index contributed by atoms with van der Waals surface area (Å²) in [4.78, 5) is 20.3. The van der Waals surface area contributed by atoms with Gasteiger partial charge in [-0.05, 0) is 36.2 Å². The summed E-state index contributed by atoms with van der Waals surface area (Å²) in [6, 6.07) is 11.5. The third kappa shape index (κ3) is 4.89. The molecule has 0 radical (unpaired) electrons. The fourth-order valence-corrected chi connectivity index (χ4v) is 2.42. The Kier molecular flexibility index (Phi) is 5.92. The molecule has 0 aliphatic carbocycles. The molecular formula is C19H20N4O3. The van der Waals surface area contributed by atoms with Crippen LogP contribution in [0.1, 0.15) is 17.9 Å². The van der Waals surface area contributed by atoms with Crippen LogP contribution in [0.25, 0.3) is 11.4 Å². The highest BCUT2D eigenvalue weighted by Gasteiger charge is 2.10. The second kappa shape index (κ2) is 8.75. The van der Waals surface area contributed by atoms with Gasteiger partial charge < -0.3 is 14.6 Å². The van der Waals surface area contributed by atoms with Crippen molar-refractivity contribution in [1.82, 2.24) is 20.4 Å². The molecule has 0 unspecified atom stereocenters. The van der Waals surface area contributed by atoms with Crippen LogP contribution in [0.4, 0.5) is 0 Å². The Morgan fingerprint density at radius 2 is 2.04 bits per heavy atom. The zero-order valence-electron chi connectivity index (χ0n) is 14.5. The van der Waals surface area contributed by atoms with Gasteiger partial charge in [-0.2, -0.15) is 4.98 Å². The van der Waals surface area contributed by atoms with Gasteiger partial charge in [0, 0.05) is 37.3 Å². The fraction of sp³-hybridized carbons (Fsp3) is 0.263. The van der Waals surface area contributed by atoms with Gasteiger partial charge in [-0.3, -0.25) is 9.78 Å². The lowest BCUT2D eigenvalue weighted by Crippen LogP contribution is -2.25. The van der Waals surface area contributed by atoms with E-state index in [1.807, 2.05) is 36.4 Å². The monoisotopic (exact) mass is 352 g/mol. The van der Waals surface area contributed by atoms with Gasteiger partial charge in [-0.1, -0.05) is 17.3 Å². The topological polar surface area (TPSA) is 90.1 Å². The molecule has 2 aromatic heterocycles. The van der Waals surface area contributed by atoms with Crippen LogP contribution in [0, 0.1) is 0 Å². The van der Waals surface area contributed by atoms with Gasteiger partial charge in [0.15, 0.2) is 0 Å². The van der Waals surface area contributed by atoms with Crippen molar-refractivity contribution < 1.29 is 14.1 Å². The third-order valence-electron chi connectivity index (χ3n) is 3.85. The largest absolute Gasteiger partial charge is 0.497 e. The molecule has 0 spiro atoms. The first-order valence-electron chi connectivity index (χ1n) is 8.37. The summed E-state index contributed by atoms with van der Waals surface area (Å²) in [5.41, 5.74) is 1.93. The minimum Gasteiger partial charge on any atom is -0.497 e. The van der Waals surface area contributed by atoms with Crippen LogP contribution in [0.5, 0.6) is 5.75 Å². The van der Waals surface area contributed by atoms with Crippen LogP contribution in [-0.4, -0.2) is 34.7 Å². The molecule has 7 nitrogen and oxygen atoms in total. The Morgan fingerprint density at radius 3 is 2.77 bits per heavy atom. The lowest BCUT2D eigenvalue weighted by molar-refractivity contribution is -0.121. The summed E-state index contributed by atoms with van der Waals surface area (Å²) >= 11 is 0. The number of carbonyl (C=O) groups excluding carboxylic acids is 1. The van der Waals surface area contributed by atoms with E-state index in [0.29, 0.717) is 31.1 Å². The van der Waals surface area contributed by atoms with Crippen molar-refractivity contribution in [2.24, 2.45) is 0 Å². The molecule has 3 rings (SSSR count). The molecule has 3 aromatic rings. The van der Waals surface area contributed by atoms with Crippen molar-refractivity contribution in [2.75, 3.05) is 13.7 Å². The number of hydrogen-bond acceptors (Lipinski definition) is 6. The highest BCUT2D eigenvalue weighted by molar-refractivity contribution is 5.76. The van der Waals surface area contributed by atoms with Crippen molar-refractivity contribution in [1.29, 1.82) is 0 Å². The molecular weight excluding hydrogens is 332 g/mol. The van der Waals surface area contributed by atoms with E-state index in [-0.39, 0.29) is 5.91 Å². The first kappa shape index (κ1) is 17.6. The number of nitrogens with one attached hydrogen (secondary N) is 1. The average Bonchev–Trinajstić information content (AvgIpc) is 3.17. The van der Waals surface area contributed by atoms with Crippen molar-refractivity contribution in [3.8, 4) is 17.1 Å². The van der Waals surface area contributed by atoms with E-state index in [4.69, 9.17) is 9.26 Å². The van der Waals surface area contributed by atoms with Crippen molar-refractivity contribution >= 4 is 5.91 Å². The van der Waals surface area contributed by atoms with Gasteiger partial charge in [0.1, 0.15) is 5.75 Å². The molecule has 7 heteroatoms. The maximum atomic E-state index is 12.0. The quantitative estimate of drug-likeness (QED) is 0.670. The van der Waals surface area contributed by atoms with Crippen LogP contribution in [0.2, 0.25) is 0 Å². The molecule has 0 saturated carbocycles. The van der Waals surface area contributed by atoms with Gasteiger partial charge >= 0.3 is 0 Å². The second-order valence-corrected chi connectivity index (χ2v) is 5.70. The van der Waals surface area contributed by atoms with Crippen molar-refractivity contribution in [3.63, 3.8) is 0 Å². The molecule has 1 amide bonds. The SMILES string of the molecule is COc1ccc(CCNC(=O)CCc2nc(-c3cccnc3)no2)cc1. The first-order valence-corrected chi connectivity index (χ1v) is 8.37. The van der Waals surface area contributed by atoms with E-state index in [9.17, 15) is 4.79 Å². The van der Waals surface area contributed by atoms with E-state index in [1.54, 1.807) is 19.5 Å². The van der Waals surface area contributed by atoms with Crippen LogP contribution < -0.4 is 10.1 Å². The number of ether oxygens (including phenoxy) is 1. The number of hydrogen-bond donors (Lipinski definition) is 1. The van der Waals surface area contributed by atoms with Gasteiger partial charge in [-0.15, -0.1) is 0 Å². The van der Waals surface area contributed by atoms with Gasteiger partial charge in [0.05, 0.1) is 7.11 Å². The zero-order valence-corrected chi connectivity index (χ0v) is 14.5. The number of carbonyl (C=O) groups is 1. The normalized spacial score (nSPS) is 10.5. The predicted molar refractivity (Wildman–Crippen MR) is 95.6 cm³/mol. The fourth-order valence-electron chi connectivity index (χ4n) is 2.42. The molecule has 0 saturated heterocycles. The lowest BCUT2D eigenvalue weighted by Gasteiger charge is -2.05. The second-order valence-electron chi connectivity index (χ2n) is 5.70. The molecule has 2 heterocycles. The number of amides is 1. The number of aryl methyl sites for hydroxylation is 1. The Bertz CT molecular complexity index is 832. The summed E-state index contributed by atoms with van der Waals surface area (Å²) in [6.45, 7) is 0.579. The van der Waals surface area contributed by atoms with E-state index in [1.165, 1.54) is 0 Å². The summed E-state index contributed by atoms with van der Waals surface area (Å²) in [7, 11) is 1.64. The predicted octanol–water partition coefficient (Wildman–Crippen LogP) is 2.43. The Morgan fingerprint density at radius 1 is 1.19 bits per heavy atom. The molecule has 0 aliphatic heterocycles. The number of nitrogens with zero attached hydrogens (tertiary/aromatic N) is 3. The van der Waals surface area contributed by atoms with Crippen LogP contribution in [0.3, 0.4) is 0 Å². The van der Waals surface area contributed by atoms with Crippen LogP contribution >= 0.6 is 0 Å². The summed E-state index contributed by atoms with van der Waals surface area (Å²) in [6.07, 6.45) is 4.82. The molecule has 1 aromatic carbocycles. The highest BCUT2D eigenvalue weighted by Crippen LogP contribution is 2.14. The van der Waals surface area contributed by atoms with Gasteiger partial charge in [0.2, 0.25) is 17.6 Å². The highest BCUT2D eigenvalue weighted by atomic mass is 16.5. The molecule has 26 heavy (non-hydrogen) atoms. The minimum atomic E-state index is -0.0420. The Hall–Kier alpha value is -3.22. The number of aromatic nitrogens is 3. The van der Waals surface area contributed by atoms with Gasteiger partial charge in [-0.25, -0.2) is 0 Å². The average molecular weight is 352 g/mol. The number of pyridine rings is 1. The Balaban J connectivity index is 1.40. The lowest BCUT2D eigenvalue weighted by atomic mass is 10.1. The van der Waals surface area contributed by atoms with Crippen molar-refractivity contribution in [3.05, 3.63) is 60.2 Å². The minimum absolute atomic E-state index is 0.0420. The van der Waals surface area contributed by atoms with Gasteiger partial charge in [0.25, 0.3) is 0 Å². The standard InChI is InChI=1S/C19H20N4O3/c1-25-16-6-4-14(5-7-16)10-12-21-17(24)8-9-18-22-19(23-26-18)15-3-2-11-20-13-15/h2-7,11,13H,8-10,12H2,1H3,(H,21,24). The summed E-state index contributed by atoms with van der Waals surface area (Å²) in [5.74, 6) is 1.70. The van der Waals surface area contributed by atoms with Crippen molar-refractivity contribution in [2.45, 2.75) is 19.3 Å². The van der Waals surface area contributed by atoms with Crippen LogP contribution in [-0.2, 0) is 17.6 Å².